The van der Waals surface area contributed by atoms with Crippen molar-refractivity contribution in [2.24, 2.45) is 0 Å². The largest absolute Gasteiger partial charge is 0.233 e. The Labute approximate surface area is 68.2 Å². The summed E-state index contributed by atoms with van der Waals surface area (Å²) < 4.78 is 13.9. The van der Waals surface area contributed by atoms with Crippen molar-refractivity contribution in [2.45, 2.75) is 0 Å². The molecule has 2 aromatic rings. The number of aromatic nitrogens is 3. The van der Waals surface area contributed by atoms with E-state index in [0.717, 1.165) is 0 Å². The van der Waals surface area contributed by atoms with Gasteiger partial charge in [0.2, 0.25) is 5.95 Å². The molecule has 0 bridgehead atoms. The van der Waals surface area contributed by atoms with E-state index >= 15 is 0 Å². The number of fused-ring (bicyclic) bond motifs is 1. The molecule has 12 heavy (non-hydrogen) atoms. The first-order valence-corrected chi connectivity index (χ1v) is 3.44. The Bertz CT molecular complexity index is 433. The number of hydrogen-bond acceptors (Lipinski definition) is 2. The summed E-state index contributed by atoms with van der Waals surface area (Å²) in [7, 11) is 0. The zero-order valence-corrected chi connectivity index (χ0v) is 6.24. The van der Waals surface area contributed by atoms with Crippen molar-refractivity contribution in [1.29, 1.82) is 0 Å². The molecule has 60 valence electrons. The van der Waals surface area contributed by atoms with Crippen LogP contribution in [0.25, 0.3) is 11.7 Å². The maximum absolute atomic E-state index is 12.6. The van der Waals surface area contributed by atoms with Crippen molar-refractivity contribution in [1.82, 2.24) is 14.6 Å². The van der Waals surface area contributed by atoms with E-state index in [1.165, 1.54) is 10.7 Å². The van der Waals surface area contributed by atoms with E-state index < -0.39 is 5.95 Å². The van der Waals surface area contributed by atoms with Crippen molar-refractivity contribution in [3.63, 3.8) is 0 Å². The van der Waals surface area contributed by atoms with Crippen LogP contribution < -0.4 is 0 Å². The Morgan fingerprint density at radius 3 is 3.08 bits per heavy atom. The van der Waals surface area contributed by atoms with Crippen LogP contribution in [0.1, 0.15) is 5.69 Å². The molecule has 4 heteroatoms. The third-order valence-electron chi connectivity index (χ3n) is 1.52. The second-order valence-electron chi connectivity index (χ2n) is 2.33. The second-order valence-corrected chi connectivity index (χ2v) is 2.33. The Morgan fingerprint density at radius 1 is 1.50 bits per heavy atom. The first kappa shape index (κ1) is 6.97. The molecule has 0 saturated heterocycles. The second kappa shape index (κ2) is 2.41. The molecule has 2 rings (SSSR count). The standard InChI is InChI=1S/C8H6FN3/c1-2-6-3-4-8-10-7(9)5-12(8)11-6/h2-5H,1H2. The van der Waals surface area contributed by atoms with Gasteiger partial charge in [-0.15, -0.1) is 0 Å². The highest BCUT2D eigenvalue weighted by Crippen LogP contribution is 2.03. The van der Waals surface area contributed by atoms with Crippen LogP contribution in [0.5, 0.6) is 0 Å². The van der Waals surface area contributed by atoms with Crippen LogP contribution in [-0.4, -0.2) is 14.6 Å². The minimum absolute atomic E-state index is 0.498. The highest BCUT2D eigenvalue weighted by atomic mass is 19.1. The van der Waals surface area contributed by atoms with Crippen molar-refractivity contribution < 1.29 is 4.39 Å². The van der Waals surface area contributed by atoms with Crippen molar-refractivity contribution >= 4 is 11.7 Å². The van der Waals surface area contributed by atoms with Crippen molar-refractivity contribution in [2.75, 3.05) is 0 Å². The Balaban J connectivity index is 2.74. The lowest BCUT2D eigenvalue weighted by atomic mass is 10.4. The average Bonchev–Trinajstić information content (AvgIpc) is 2.43. The fourth-order valence-electron chi connectivity index (χ4n) is 0.977. The molecule has 2 heterocycles. The van der Waals surface area contributed by atoms with Gasteiger partial charge in [0.25, 0.3) is 0 Å². The summed E-state index contributed by atoms with van der Waals surface area (Å²) in [6.07, 6.45) is 2.82. The molecule has 0 aliphatic heterocycles. The molecule has 0 fully saturated rings. The number of halogens is 1. The first-order chi connectivity index (χ1) is 5.79. The molecular formula is C8H6FN3. The Morgan fingerprint density at radius 2 is 2.33 bits per heavy atom. The third-order valence-corrected chi connectivity index (χ3v) is 1.52. The summed E-state index contributed by atoms with van der Waals surface area (Å²) in [5.41, 5.74) is 1.19. The molecule has 0 amide bonds. The molecule has 0 radical (unpaired) electrons. The summed E-state index contributed by atoms with van der Waals surface area (Å²) in [4.78, 5) is 3.59. The van der Waals surface area contributed by atoms with Gasteiger partial charge in [0, 0.05) is 0 Å². The summed E-state index contributed by atoms with van der Waals surface area (Å²) in [5, 5.41) is 4.01. The molecule has 0 unspecified atom stereocenters. The van der Waals surface area contributed by atoms with E-state index in [4.69, 9.17) is 0 Å². The third kappa shape index (κ3) is 0.972. The van der Waals surface area contributed by atoms with Crippen LogP contribution in [0.3, 0.4) is 0 Å². The van der Waals surface area contributed by atoms with E-state index in [2.05, 4.69) is 16.7 Å². The van der Waals surface area contributed by atoms with Gasteiger partial charge < -0.3 is 0 Å². The summed E-state index contributed by atoms with van der Waals surface area (Å²) in [6.45, 7) is 3.55. The quantitative estimate of drug-likeness (QED) is 0.637. The van der Waals surface area contributed by atoms with E-state index in [0.29, 0.717) is 11.3 Å². The number of hydrogen-bond donors (Lipinski definition) is 0. The monoisotopic (exact) mass is 163 g/mol. The lowest BCUT2D eigenvalue weighted by Crippen LogP contribution is -1.91. The van der Waals surface area contributed by atoms with Gasteiger partial charge in [0.15, 0.2) is 5.65 Å². The lowest BCUT2D eigenvalue weighted by molar-refractivity contribution is 0.591. The van der Waals surface area contributed by atoms with E-state index in [1.807, 2.05) is 0 Å². The molecule has 2 aromatic heterocycles. The van der Waals surface area contributed by atoms with Gasteiger partial charge in [-0.1, -0.05) is 6.58 Å². The summed E-state index contributed by atoms with van der Waals surface area (Å²) in [6, 6.07) is 3.42. The van der Waals surface area contributed by atoms with Crippen LogP contribution in [-0.2, 0) is 0 Å². The van der Waals surface area contributed by atoms with Crippen molar-refractivity contribution in [3.8, 4) is 0 Å². The number of rotatable bonds is 1. The minimum Gasteiger partial charge on any atom is -0.217 e. The molecule has 0 aromatic carbocycles. The lowest BCUT2D eigenvalue weighted by Gasteiger charge is -1.92. The predicted octanol–water partition coefficient (Wildman–Crippen LogP) is 1.51. The maximum Gasteiger partial charge on any atom is 0.233 e. The smallest absolute Gasteiger partial charge is 0.217 e. The number of nitrogens with zero attached hydrogens (tertiary/aromatic N) is 3. The predicted molar refractivity (Wildman–Crippen MR) is 43.0 cm³/mol. The molecule has 0 spiro atoms. The van der Waals surface area contributed by atoms with Gasteiger partial charge in [-0.2, -0.15) is 14.5 Å². The van der Waals surface area contributed by atoms with Gasteiger partial charge in [0.1, 0.15) is 0 Å². The highest BCUT2D eigenvalue weighted by Gasteiger charge is 1.99. The van der Waals surface area contributed by atoms with E-state index in [-0.39, 0.29) is 0 Å². The van der Waals surface area contributed by atoms with Gasteiger partial charge in [-0.25, -0.2) is 4.52 Å². The molecule has 0 aliphatic rings. The maximum atomic E-state index is 12.6. The SMILES string of the molecule is C=Cc1ccc2nc(F)cn2n1. The van der Waals surface area contributed by atoms with Gasteiger partial charge >= 0.3 is 0 Å². The van der Waals surface area contributed by atoms with Gasteiger partial charge in [-0.05, 0) is 18.2 Å². The Kier molecular flexibility index (Phi) is 1.40. The first-order valence-electron chi connectivity index (χ1n) is 3.44. The van der Waals surface area contributed by atoms with Crippen LogP contribution in [0.4, 0.5) is 4.39 Å². The van der Waals surface area contributed by atoms with Crippen LogP contribution >= 0.6 is 0 Å². The molecule has 3 nitrogen and oxygen atoms in total. The van der Waals surface area contributed by atoms with Crippen LogP contribution in [0.2, 0.25) is 0 Å². The van der Waals surface area contributed by atoms with Gasteiger partial charge in [-0.3, -0.25) is 0 Å². The normalized spacial score (nSPS) is 10.4. The van der Waals surface area contributed by atoms with Crippen LogP contribution in [0, 0.1) is 5.95 Å². The van der Waals surface area contributed by atoms with Gasteiger partial charge in [0.05, 0.1) is 11.9 Å². The van der Waals surface area contributed by atoms with E-state index in [9.17, 15) is 4.39 Å². The zero-order valence-electron chi connectivity index (χ0n) is 6.24. The topological polar surface area (TPSA) is 30.2 Å². The highest BCUT2D eigenvalue weighted by molar-refractivity contribution is 5.45. The minimum atomic E-state index is -0.524. The van der Waals surface area contributed by atoms with Crippen molar-refractivity contribution in [3.05, 3.63) is 36.6 Å². The molecule has 0 atom stereocenters. The molecule has 0 N–H and O–H groups in total. The Hall–Kier alpha value is -1.71. The summed E-state index contributed by atoms with van der Waals surface area (Å²) in [5.74, 6) is -0.524. The zero-order chi connectivity index (χ0) is 8.55. The van der Waals surface area contributed by atoms with E-state index in [1.54, 1.807) is 18.2 Å². The summed E-state index contributed by atoms with van der Waals surface area (Å²) >= 11 is 0. The number of imidazole rings is 1. The fourth-order valence-corrected chi connectivity index (χ4v) is 0.977. The molecule has 0 aliphatic carbocycles. The molecule has 0 saturated carbocycles. The fraction of sp³-hybridized carbons (Fsp3) is 0. The molecular weight excluding hydrogens is 157 g/mol. The van der Waals surface area contributed by atoms with Crippen LogP contribution in [0.15, 0.2) is 24.9 Å². The average molecular weight is 163 g/mol.